The molecule has 3 aromatic heterocycles. The Bertz CT molecular complexity index is 1860. The van der Waals surface area contributed by atoms with Gasteiger partial charge in [0.1, 0.15) is 30.1 Å². The maximum absolute atomic E-state index is 14.0. The lowest BCUT2D eigenvalue weighted by Gasteiger charge is -2.51. The molecule has 7 rings (SSSR count). The second-order valence-electron chi connectivity index (χ2n) is 12.8. The molecule has 0 aliphatic carbocycles. The topological polar surface area (TPSA) is 216 Å². The fourth-order valence-electron chi connectivity index (χ4n) is 6.77. The van der Waals surface area contributed by atoms with Gasteiger partial charge in [-0.25, -0.2) is 43.4 Å². The van der Waals surface area contributed by atoms with Crippen LogP contribution in [0.25, 0.3) is 22.5 Å². The molecule has 0 saturated carbocycles. The molecular formula is C31H36F3N9O8S. The van der Waals surface area contributed by atoms with Gasteiger partial charge in [0.15, 0.2) is 17.5 Å². The highest BCUT2D eigenvalue weighted by Gasteiger charge is 2.50. The minimum absolute atomic E-state index is 0.0323. The van der Waals surface area contributed by atoms with Crippen molar-refractivity contribution in [2.45, 2.75) is 47.0 Å². The van der Waals surface area contributed by atoms with Crippen LogP contribution in [0.2, 0.25) is 0 Å². The number of halogens is 3. The summed E-state index contributed by atoms with van der Waals surface area (Å²) >= 11 is 0. The van der Waals surface area contributed by atoms with Crippen LogP contribution in [0.1, 0.15) is 12.1 Å². The molecule has 0 spiro atoms. The molecule has 1 aromatic carbocycles. The summed E-state index contributed by atoms with van der Waals surface area (Å²) in [6.07, 6.45) is 1.97. The largest absolute Gasteiger partial charge is 0.467 e. The molecule has 3 fully saturated rings. The van der Waals surface area contributed by atoms with Gasteiger partial charge >= 0.3 is 6.01 Å². The van der Waals surface area contributed by atoms with Gasteiger partial charge < -0.3 is 39.5 Å². The molecule has 4 aromatic rings. The molecule has 8 atom stereocenters. The molecule has 4 N–H and O–H groups in total. The number of aliphatic hydroxyl groups excluding tert-OH is 4. The minimum atomic E-state index is -1.64. The third-order valence-corrected chi connectivity index (χ3v) is 13.0. The number of rotatable bonds is 10. The van der Waals surface area contributed by atoms with Gasteiger partial charge in [0.25, 0.3) is 0 Å². The first-order valence-electron chi connectivity index (χ1n) is 16.3. The average molecular weight is 752 g/mol. The Balaban J connectivity index is 1.15. The molecule has 21 heteroatoms. The third-order valence-electron chi connectivity index (χ3n) is 9.61. The van der Waals surface area contributed by atoms with E-state index in [-0.39, 0.29) is 49.3 Å². The Morgan fingerprint density at radius 1 is 0.962 bits per heavy atom. The van der Waals surface area contributed by atoms with Crippen LogP contribution in [0.4, 0.5) is 13.2 Å². The summed E-state index contributed by atoms with van der Waals surface area (Å²) in [7, 11) is -0.0578. The van der Waals surface area contributed by atoms with E-state index in [0.29, 0.717) is 11.3 Å². The van der Waals surface area contributed by atoms with E-state index in [1.54, 1.807) is 6.20 Å². The maximum atomic E-state index is 14.0. The van der Waals surface area contributed by atoms with Gasteiger partial charge in [-0.3, -0.25) is 4.79 Å². The van der Waals surface area contributed by atoms with Gasteiger partial charge in [0, 0.05) is 52.9 Å². The van der Waals surface area contributed by atoms with E-state index in [9.17, 15) is 38.4 Å². The Hall–Kier alpha value is -4.25. The van der Waals surface area contributed by atoms with Gasteiger partial charge in [-0.2, -0.15) is 0 Å². The van der Waals surface area contributed by atoms with Crippen LogP contribution >= 0.6 is 10.9 Å². The maximum Gasteiger partial charge on any atom is 0.316 e. The number of hydrogen-bond acceptors (Lipinski definition) is 14. The first kappa shape index (κ1) is 36.1. The number of amides is 1. The molecule has 0 radical (unpaired) electrons. The van der Waals surface area contributed by atoms with Crippen molar-refractivity contribution in [2.75, 3.05) is 52.4 Å². The van der Waals surface area contributed by atoms with Gasteiger partial charge in [-0.1, -0.05) is 10.4 Å². The van der Waals surface area contributed by atoms with Crippen LogP contribution < -0.4 is 4.74 Å². The monoisotopic (exact) mass is 751 g/mol. The normalized spacial score (nSPS) is 28.8. The second kappa shape index (κ2) is 15.0. The molecular weight excluding hydrogens is 715 g/mol. The number of methoxy groups -OCH3 is 1. The van der Waals surface area contributed by atoms with Crippen molar-refractivity contribution in [1.82, 2.24) is 44.9 Å². The first-order valence-corrected chi connectivity index (χ1v) is 18.0. The molecule has 0 bridgehead atoms. The van der Waals surface area contributed by atoms with Crippen molar-refractivity contribution in [3.8, 4) is 28.5 Å². The molecule has 6 heterocycles. The number of carbonyl (C=O) groups excluding carboxylic acids is 1. The molecule has 52 heavy (non-hydrogen) atoms. The lowest BCUT2D eigenvalue weighted by atomic mass is 10.0. The lowest BCUT2D eigenvalue weighted by molar-refractivity contribution is -0.150. The highest BCUT2D eigenvalue weighted by molar-refractivity contribution is 8.18. The molecule has 3 saturated heterocycles. The Kier molecular flexibility index (Phi) is 10.4. The van der Waals surface area contributed by atoms with Crippen LogP contribution in [0.3, 0.4) is 0 Å². The number of carbonyl (C=O) groups is 1. The van der Waals surface area contributed by atoms with Crippen LogP contribution in [0.5, 0.6) is 6.01 Å². The Morgan fingerprint density at radius 3 is 2.27 bits per heavy atom. The molecule has 3 aliphatic heterocycles. The van der Waals surface area contributed by atoms with E-state index in [4.69, 9.17) is 14.2 Å². The van der Waals surface area contributed by atoms with Gasteiger partial charge in [0.05, 0.1) is 63.7 Å². The molecule has 3 aliphatic rings. The number of aliphatic hydroxyl groups is 4. The smallest absolute Gasteiger partial charge is 0.316 e. The van der Waals surface area contributed by atoms with E-state index >= 15 is 0 Å². The van der Waals surface area contributed by atoms with E-state index in [1.165, 1.54) is 40.0 Å². The average Bonchev–Trinajstić information content (AvgIpc) is 3.82. The quantitative estimate of drug-likeness (QED) is 0.100. The van der Waals surface area contributed by atoms with Crippen LogP contribution in [0, 0.1) is 17.5 Å². The van der Waals surface area contributed by atoms with Crippen molar-refractivity contribution >= 4 is 16.8 Å². The van der Waals surface area contributed by atoms with Gasteiger partial charge in [0.2, 0.25) is 5.91 Å². The van der Waals surface area contributed by atoms with Gasteiger partial charge in [-0.15, -0.1) is 10.2 Å². The van der Waals surface area contributed by atoms with Crippen LogP contribution in [-0.4, -0.2) is 158 Å². The number of ether oxygens (including phenoxy) is 3. The number of thiol groups is 1. The van der Waals surface area contributed by atoms with Crippen molar-refractivity contribution < 1.29 is 52.6 Å². The van der Waals surface area contributed by atoms with E-state index < -0.39 is 94.5 Å². The highest BCUT2D eigenvalue weighted by Crippen LogP contribution is 2.51. The number of β-amino-alcohol motifs (C(OH)–C–C–N with tert-alkyl or cyclic N) is 1. The van der Waals surface area contributed by atoms with Crippen LogP contribution in [0.15, 0.2) is 36.9 Å². The molecule has 1 amide bonds. The number of nitrogens with zero attached hydrogens (tertiary/aromatic N) is 9. The SMILES string of the molecule is COc1ncc(-c2cn([C@H]3COC[C@@H]([SH]4C[C@H](OCC(=O)N5CC(O)C5)[C@@H](n5cc(-c6cc(F)c(F)c(F)c6)nn5)[C@@H](O)[C@H]4CO)[C@@H]3O)nn2)cn1. The summed E-state index contributed by atoms with van der Waals surface area (Å²) in [6.45, 7) is -0.407. The minimum Gasteiger partial charge on any atom is -0.467 e. The second-order valence-corrected chi connectivity index (χ2v) is 15.5. The van der Waals surface area contributed by atoms with Crippen molar-refractivity contribution in [3.05, 3.63) is 54.4 Å². The fraction of sp³-hybridized carbons (Fsp3) is 0.516. The fourth-order valence-corrected chi connectivity index (χ4v) is 10.2. The van der Waals surface area contributed by atoms with Crippen LogP contribution in [-0.2, 0) is 14.3 Å². The van der Waals surface area contributed by atoms with E-state index in [2.05, 4.69) is 30.6 Å². The Morgan fingerprint density at radius 2 is 1.62 bits per heavy atom. The lowest BCUT2D eigenvalue weighted by Crippen LogP contribution is -2.57. The zero-order chi connectivity index (χ0) is 36.7. The number of benzene rings is 1. The summed E-state index contributed by atoms with van der Waals surface area (Å²) < 4.78 is 61.6. The number of likely N-dealkylation sites (tertiary alicyclic amines) is 1. The zero-order valence-electron chi connectivity index (χ0n) is 27.6. The van der Waals surface area contributed by atoms with Crippen molar-refractivity contribution in [1.29, 1.82) is 0 Å². The van der Waals surface area contributed by atoms with Crippen molar-refractivity contribution in [2.24, 2.45) is 0 Å². The molecule has 1 unspecified atom stereocenters. The van der Waals surface area contributed by atoms with E-state index in [0.717, 1.165) is 12.1 Å². The predicted octanol–water partition coefficient (Wildman–Crippen LogP) is -0.713. The predicted molar refractivity (Wildman–Crippen MR) is 175 cm³/mol. The summed E-state index contributed by atoms with van der Waals surface area (Å²) in [4.78, 5) is 22.5. The summed E-state index contributed by atoms with van der Waals surface area (Å²) in [5.74, 6) is -4.72. The standard InChI is InChI=1S/C31H36F3N9O8S/c1-49-31-35-4-16(5-36-31)21-8-42(39-38-21)22-11-50-12-25(29(22)47)52-14-23(51-13-26(46)41-6-17(45)7-41)28(30(48)24(52)10-44)43-9-20(37-40-43)15-2-18(32)27(34)19(33)3-15/h2-5,8-9,17,22-25,28-30,44-45,47-48,52H,6-7,10-14H2,1H3/t22-,23-,24+,25+,28+,29+,30-/m0/s1. The molecule has 280 valence electrons. The first-order chi connectivity index (χ1) is 25.1. The Labute approximate surface area is 296 Å². The zero-order valence-corrected chi connectivity index (χ0v) is 28.5. The van der Waals surface area contributed by atoms with E-state index in [1.807, 2.05) is 0 Å². The summed E-state index contributed by atoms with van der Waals surface area (Å²) in [6, 6.07) is -0.0371. The summed E-state index contributed by atoms with van der Waals surface area (Å²) in [5.41, 5.74) is 0.865. The highest BCUT2D eigenvalue weighted by atomic mass is 32.2. The van der Waals surface area contributed by atoms with Crippen molar-refractivity contribution in [3.63, 3.8) is 0 Å². The summed E-state index contributed by atoms with van der Waals surface area (Å²) in [5, 5.41) is 59.1. The third kappa shape index (κ3) is 6.96. The number of hydrogen-bond donors (Lipinski definition) is 5. The van der Waals surface area contributed by atoms with Gasteiger partial charge in [-0.05, 0) is 12.1 Å². The number of aromatic nitrogens is 8. The molecule has 17 nitrogen and oxygen atoms in total.